The van der Waals surface area contributed by atoms with Gasteiger partial charge in [0.1, 0.15) is 6.61 Å². The number of carbonyl (C=O) groups excluding carboxylic acids is 2. The van der Waals surface area contributed by atoms with Gasteiger partial charge in [-0.2, -0.15) is 0 Å². The minimum atomic E-state index is -0.755. The molecule has 0 radical (unpaired) electrons. The maximum atomic E-state index is 12.8. The number of amides is 2. The highest BCUT2D eigenvalue weighted by Gasteiger charge is 2.47. The summed E-state index contributed by atoms with van der Waals surface area (Å²) in [5.74, 6) is -0.305. The summed E-state index contributed by atoms with van der Waals surface area (Å²) in [4.78, 5) is 39.5. The predicted molar refractivity (Wildman–Crippen MR) is 95.3 cm³/mol. The standard InChI is InChI=1S/C19H21N5O3/c25-16-12-27-18(19(26)23-7-5-14-11-21-8-9-22-14)17(24(16)15-3-4-15)13-2-1-6-20-10-13/h1-2,6,8-11,15,17-18H,3-5,7,12H2,(H,23,26)/t17-,18+/m1/s1. The van der Waals surface area contributed by atoms with E-state index in [1.807, 2.05) is 17.0 Å². The zero-order valence-corrected chi connectivity index (χ0v) is 14.8. The molecule has 8 heteroatoms. The number of nitrogens with one attached hydrogen (secondary N) is 1. The zero-order valence-electron chi connectivity index (χ0n) is 14.8. The van der Waals surface area contributed by atoms with Gasteiger partial charge in [-0.05, 0) is 24.5 Å². The van der Waals surface area contributed by atoms with E-state index in [9.17, 15) is 9.59 Å². The molecule has 27 heavy (non-hydrogen) atoms. The van der Waals surface area contributed by atoms with E-state index in [-0.39, 0.29) is 24.5 Å². The van der Waals surface area contributed by atoms with Crippen LogP contribution in [0.4, 0.5) is 0 Å². The molecule has 2 amide bonds. The molecule has 2 aromatic heterocycles. The van der Waals surface area contributed by atoms with Crippen LogP contribution in [0.1, 0.15) is 30.1 Å². The van der Waals surface area contributed by atoms with Crippen molar-refractivity contribution in [3.05, 3.63) is 54.4 Å². The Labute approximate surface area is 157 Å². The van der Waals surface area contributed by atoms with Gasteiger partial charge in [0.25, 0.3) is 5.91 Å². The minimum Gasteiger partial charge on any atom is -0.356 e. The first kappa shape index (κ1) is 17.5. The molecule has 1 aliphatic carbocycles. The van der Waals surface area contributed by atoms with Crippen molar-refractivity contribution < 1.29 is 14.3 Å². The zero-order chi connectivity index (χ0) is 18.6. The molecule has 2 aliphatic rings. The number of aromatic nitrogens is 3. The molecule has 1 N–H and O–H groups in total. The topological polar surface area (TPSA) is 97.3 Å². The highest BCUT2D eigenvalue weighted by atomic mass is 16.5. The Balaban J connectivity index is 1.48. The highest BCUT2D eigenvalue weighted by Crippen LogP contribution is 2.39. The third-order valence-corrected chi connectivity index (χ3v) is 4.78. The van der Waals surface area contributed by atoms with E-state index in [0.29, 0.717) is 13.0 Å². The van der Waals surface area contributed by atoms with Crippen molar-refractivity contribution in [3.63, 3.8) is 0 Å². The lowest BCUT2D eigenvalue weighted by molar-refractivity contribution is -0.165. The predicted octanol–water partition coefficient (Wildman–Crippen LogP) is 0.661. The van der Waals surface area contributed by atoms with Crippen LogP contribution in [0.25, 0.3) is 0 Å². The van der Waals surface area contributed by atoms with Crippen molar-refractivity contribution in [2.24, 2.45) is 0 Å². The summed E-state index contributed by atoms with van der Waals surface area (Å²) >= 11 is 0. The number of ether oxygens (including phenoxy) is 1. The first-order chi connectivity index (χ1) is 13.2. The number of morpholine rings is 1. The third kappa shape index (κ3) is 3.95. The molecule has 1 saturated heterocycles. The highest BCUT2D eigenvalue weighted by molar-refractivity contribution is 5.86. The minimum absolute atomic E-state index is 0.0739. The Kier molecular flexibility index (Phi) is 5.06. The van der Waals surface area contributed by atoms with Crippen LogP contribution in [0.3, 0.4) is 0 Å². The van der Waals surface area contributed by atoms with E-state index >= 15 is 0 Å². The molecular formula is C19H21N5O3. The second-order valence-electron chi connectivity index (χ2n) is 6.73. The van der Waals surface area contributed by atoms with E-state index in [1.165, 1.54) is 0 Å². The van der Waals surface area contributed by atoms with Crippen molar-refractivity contribution in [1.82, 2.24) is 25.2 Å². The van der Waals surface area contributed by atoms with Gasteiger partial charge in [0.2, 0.25) is 5.91 Å². The van der Waals surface area contributed by atoms with Crippen molar-refractivity contribution >= 4 is 11.8 Å². The van der Waals surface area contributed by atoms with E-state index < -0.39 is 12.1 Å². The molecule has 0 spiro atoms. The molecule has 8 nitrogen and oxygen atoms in total. The molecular weight excluding hydrogens is 346 g/mol. The van der Waals surface area contributed by atoms with Gasteiger partial charge in [-0.25, -0.2) is 0 Å². The molecule has 1 saturated carbocycles. The summed E-state index contributed by atoms with van der Waals surface area (Å²) in [5, 5.41) is 2.91. The Hall–Kier alpha value is -2.87. The van der Waals surface area contributed by atoms with E-state index in [0.717, 1.165) is 24.1 Å². The van der Waals surface area contributed by atoms with E-state index in [1.54, 1.807) is 31.0 Å². The van der Waals surface area contributed by atoms with Gasteiger partial charge >= 0.3 is 0 Å². The number of carbonyl (C=O) groups is 2. The van der Waals surface area contributed by atoms with Crippen LogP contribution in [0.5, 0.6) is 0 Å². The number of nitrogens with zero attached hydrogens (tertiary/aromatic N) is 4. The lowest BCUT2D eigenvalue weighted by atomic mass is 9.98. The summed E-state index contributed by atoms with van der Waals surface area (Å²) in [7, 11) is 0. The number of pyridine rings is 1. The third-order valence-electron chi connectivity index (χ3n) is 4.78. The molecule has 140 valence electrons. The molecule has 4 rings (SSSR count). The Morgan fingerprint density at radius 1 is 1.22 bits per heavy atom. The summed E-state index contributed by atoms with van der Waals surface area (Å²) in [6.07, 6.45) is 10.0. The van der Waals surface area contributed by atoms with Gasteiger partial charge in [-0.15, -0.1) is 0 Å². The maximum absolute atomic E-state index is 12.8. The first-order valence-corrected chi connectivity index (χ1v) is 9.09. The number of hydrogen-bond acceptors (Lipinski definition) is 6. The van der Waals surface area contributed by atoms with Gasteiger partial charge in [0, 0.05) is 50.0 Å². The fourth-order valence-corrected chi connectivity index (χ4v) is 3.39. The molecule has 2 atom stereocenters. The van der Waals surface area contributed by atoms with Crippen LogP contribution >= 0.6 is 0 Å². The molecule has 0 unspecified atom stereocenters. The van der Waals surface area contributed by atoms with Crippen LogP contribution < -0.4 is 5.32 Å². The number of rotatable bonds is 6. The maximum Gasteiger partial charge on any atom is 0.251 e. The molecule has 1 aliphatic heterocycles. The lowest BCUT2D eigenvalue weighted by Crippen LogP contribution is -2.55. The molecule has 0 aromatic carbocycles. The Morgan fingerprint density at radius 2 is 2.07 bits per heavy atom. The number of hydrogen-bond donors (Lipinski definition) is 1. The van der Waals surface area contributed by atoms with E-state index in [4.69, 9.17) is 4.74 Å². The molecule has 0 bridgehead atoms. The second kappa shape index (κ2) is 7.79. The van der Waals surface area contributed by atoms with Crippen LogP contribution in [0.15, 0.2) is 43.1 Å². The van der Waals surface area contributed by atoms with Crippen molar-refractivity contribution in [1.29, 1.82) is 0 Å². The van der Waals surface area contributed by atoms with Gasteiger partial charge in [-0.1, -0.05) is 6.07 Å². The lowest BCUT2D eigenvalue weighted by Gasteiger charge is -2.40. The largest absolute Gasteiger partial charge is 0.356 e. The average molecular weight is 367 g/mol. The van der Waals surface area contributed by atoms with Crippen LogP contribution in [0, 0.1) is 0 Å². The normalized spacial score (nSPS) is 22.5. The fourth-order valence-electron chi connectivity index (χ4n) is 3.39. The summed E-state index contributed by atoms with van der Waals surface area (Å²) in [6.45, 7) is 0.351. The average Bonchev–Trinajstić information content (AvgIpc) is 3.54. The summed E-state index contributed by atoms with van der Waals surface area (Å²) < 4.78 is 5.67. The second-order valence-corrected chi connectivity index (χ2v) is 6.73. The van der Waals surface area contributed by atoms with Crippen LogP contribution in [-0.4, -0.2) is 57.0 Å². The quantitative estimate of drug-likeness (QED) is 0.806. The van der Waals surface area contributed by atoms with Crippen molar-refractivity contribution in [3.8, 4) is 0 Å². The Bertz CT molecular complexity index is 798. The van der Waals surface area contributed by atoms with Gasteiger partial charge in [-0.3, -0.25) is 24.5 Å². The van der Waals surface area contributed by atoms with Crippen LogP contribution in [0.2, 0.25) is 0 Å². The molecule has 2 fully saturated rings. The SMILES string of the molecule is O=C(NCCc1cnccn1)[C@H]1OCC(=O)N(C2CC2)[C@@H]1c1cccnc1. The summed E-state index contributed by atoms with van der Waals surface area (Å²) in [5.41, 5.74) is 1.62. The van der Waals surface area contributed by atoms with Crippen molar-refractivity contribution in [2.75, 3.05) is 13.2 Å². The van der Waals surface area contributed by atoms with Crippen molar-refractivity contribution in [2.45, 2.75) is 37.5 Å². The van der Waals surface area contributed by atoms with Gasteiger partial charge in [0.05, 0.1) is 11.7 Å². The fraction of sp³-hybridized carbons (Fsp3) is 0.421. The smallest absolute Gasteiger partial charge is 0.251 e. The van der Waals surface area contributed by atoms with Gasteiger partial charge < -0.3 is 15.0 Å². The van der Waals surface area contributed by atoms with Crippen LogP contribution in [-0.2, 0) is 20.7 Å². The first-order valence-electron chi connectivity index (χ1n) is 9.09. The molecule has 3 heterocycles. The Morgan fingerprint density at radius 3 is 2.78 bits per heavy atom. The monoisotopic (exact) mass is 367 g/mol. The molecule has 2 aromatic rings. The van der Waals surface area contributed by atoms with E-state index in [2.05, 4.69) is 20.3 Å². The summed E-state index contributed by atoms with van der Waals surface area (Å²) in [6, 6.07) is 3.42. The van der Waals surface area contributed by atoms with Gasteiger partial charge in [0.15, 0.2) is 6.10 Å².